The minimum atomic E-state index is -0.0108. The van der Waals surface area contributed by atoms with E-state index in [2.05, 4.69) is 26.8 Å². The van der Waals surface area contributed by atoms with Crippen molar-refractivity contribution in [2.24, 2.45) is 22.7 Å². The number of rotatable bonds is 0. The normalized spacial score (nSPS) is 46.6. The van der Waals surface area contributed by atoms with Gasteiger partial charge in [-0.1, -0.05) is 32.4 Å². The van der Waals surface area contributed by atoms with E-state index in [4.69, 9.17) is 0 Å². The third-order valence-corrected chi connectivity index (χ3v) is 5.08. The van der Waals surface area contributed by atoms with Crippen molar-refractivity contribution in [1.29, 1.82) is 0 Å². The topological polar surface area (TPSA) is 17.1 Å². The lowest BCUT2D eigenvalue weighted by Gasteiger charge is -2.31. The van der Waals surface area contributed by atoms with Crippen molar-refractivity contribution in [3.8, 4) is 0 Å². The summed E-state index contributed by atoms with van der Waals surface area (Å²) in [6.45, 7) is 6.90. The van der Waals surface area contributed by atoms with Gasteiger partial charge in [0.25, 0.3) is 0 Å². The molecule has 0 aromatic rings. The van der Waals surface area contributed by atoms with Crippen molar-refractivity contribution in [1.82, 2.24) is 0 Å². The Labute approximate surface area is 91.9 Å². The Kier molecular flexibility index (Phi) is 1.64. The molecular weight excluding hydrogens is 184 g/mol. The number of hydrogen-bond acceptors (Lipinski definition) is 1. The molecule has 1 heteroatoms. The minimum absolute atomic E-state index is 0.0108. The third-order valence-electron chi connectivity index (χ3n) is 5.08. The fraction of sp³-hybridized carbons (Fsp3) is 0.786. The fourth-order valence-corrected chi connectivity index (χ4v) is 4.23. The van der Waals surface area contributed by atoms with Gasteiger partial charge in [0, 0.05) is 11.8 Å². The lowest BCUT2D eigenvalue weighted by molar-refractivity contribution is -0.127. The summed E-state index contributed by atoms with van der Waals surface area (Å²) in [7, 11) is 0. The van der Waals surface area contributed by atoms with E-state index in [0.29, 0.717) is 23.0 Å². The maximum atomic E-state index is 12.1. The Morgan fingerprint density at radius 1 is 1.33 bits per heavy atom. The number of Topliss-reactive ketones (excluding diaryl/α,β-unsaturated/α-hetero) is 1. The van der Waals surface area contributed by atoms with E-state index in [0.717, 1.165) is 12.8 Å². The van der Waals surface area contributed by atoms with Gasteiger partial charge < -0.3 is 0 Å². The summed E-state index contributed by atoms with van der Waals surface area (Å²) in [6, 6.07) is 0. The van der Waals surface area contributed by atoms with Gasteiger partial charge in [-0.25, -0.2) is 0 Å². The zero-order valence-corrected chi connectivity index (χ0v) is 9.97. The molecule has 0 bridgehead atoms. The molecule has 0 heterocycles. The summed E-state index contributed by atoms with van der Waals surface area (Å²) in [5, 5.41) is 0. The molecule has 3 aliphatic rings. The highest BCUT2D eigenvalue weighted by Crippen LogP contribution is 2.62. The third kappa shape index (κ3) is 1.07. The molecule has 0 radical (unpaired) electrons. The Hall–Kier alpha value is -0.590. The molecule has 0 spiro atoms. The SMILES string of the molecule is CC1(C)CC2=C[C@H]3CCC(=O)[C@@]3(C)[C@@H]2C1. The van der Waals surface area contributed by atoms with Gasteiger partial charge >= 0.3 is 0 Å². The highest BCUT2D eigenvalue weighted by molar-refractivity contribution is 5.89. The average molecular weight is 204 g/mol. The summed E-state index contributed by atoms with van der Waals surface area (Å²) in [5.74, 6) is 1.68. The standard InChI is InChI=1S/C14H20O/c1-13(2)7-9-6-10-4-5-12(15)14(10,3)11(9)8-13/h6,10-11H,4-5,7-8H2,1-3H3/t10-,11-,14-/m1/s1. The predicted octanol–water partition coefficient (Wildman–Crippen LogP) is 3.35. The first kappa shape index (κ1) is 9.62. The second-order valence-corrected chi connectivity index (χ2v) is 6.69. The summed E-state index contributed by atoms with van der Waals surface area (Å²) < 4.78 is 0. The number of ketones is 1. The van der Waals surface area contributed by atoms with Gasteiger partial charge in [-0.2, -0.15) is 0 Å². The van der Waals surface area contributed by atoms with Crippen LogP contribution in [-0.4, -0.2) is 5.78 Å². The van der Waals surface area contributed by atoms with Crippen LogP contribution < -0.4 is 0 Å². The Bertz CT molecular complexity index is 364. The molecule has 0 amide bonds. The fourth-order valence-electron chi connectivity index (χ4n) is 4.23. The summed E-state index contributed by atoms with van der Waals surface area (Å²) >= 11 is 0. The van der Waals surface area contributed by atoms with Crippen molar-refractivity contribution in [2.45, 2.75) is 46.5 Å². The van der Waals surface area contributed by atoms with Gasteiger partial charge in [0.15, 0.2) is 0 Å². The largest absolute Gasteiger partial charge is 0.299 e. The van der Waals surface area contributed by atoms with Gasteiger partial charge in [0.2, 0.25) is 0 Å². The van der Waals surface area contributed by atoms with Crippen LogP contribution in [0.5, 0.6) is 0 Å². The van der Waals surface area contributed by atoms with Gasteiger partial charge in [-0.05, 0) is 36.5 Å². The second-order valence-electron chi connectivity index (χ2n) is 6.69. The van der Waals surface area contributed by atoms with E-state index in [9.17, 15) is 4.79 Å². The van der Waals surface area contributed by atoms with E-state index in [1.165, 1.54) is 12.8 Å². The molecule has 2 fully saturated rings. The number of fused-ring (bicyclic) bond motifs is 3. The van der Waals surface area contributed by atoms with Crippen LogP contribution in [-0.2, 0) is 4.79 Å². The molecule has 1 nitrogen and oxygen atoms in total. The van der Waals surface area contributed by atoms with Gasteiger partial charge in [0.1, 0.15) is 5.78 Å². The second kappa shape index (κ2) is 2.56. The van der Waals surface area contributed by atoms with Crippen LogP contribution in [0.1, 0.15) is 46.5 Å². The maximum Gasteiger partial charge on any atom is 0.139 e. The molecule has 3 rings (SSSR count). The van der Waals surface area contributed by atoms with Crippen LogP contribution in [0.4, 0.5) is 0 Å². The zero-order valence-electron chi connectivity index (χ0n) is 9.97. The lowest BCUT2D eigenvalue weighted by atomic mass is 9.71. The van der Waals surface area contributed by atoms with Crippen molar-refractivity contribution in [2.75, 3.05) is 0 Å². The van der Waals surface area contributed by atoms with E-state index in [1.54, 1.807) is 5.57 Å². The van der Waals surface area contributed by atoms with Crippen LogP contribution in [0, 0.1) is 22.7 Å². The molecule has 82 valence electrons. The Morgan fingerprint density at radius 2 is 2.07 bits per heavy atom. The molecule has 2 saturated carbocycles. The van der Waals surface area contributed by atoms with Crippen molar-refractivity contribution in [3.05, 3.63) is 11.6 Å². The molecule has 0 saturated heterocycles. The molecule has 0 aromatic heterocycles. The zero-order chi connectivity index (χ0) is 10.8. The van der Waals surface area contributed by atoms with Crippen LogP contribution in [0.2, 0.25) is 0 Å². The van der Waals surface area contributed by atoms with Gasteiger partial charge in [-0.15, -0.1) is 0 Å². The average Bonchev–Trinajstić information content (AvgIpc) is 2.65. The number of carbonyl (C=O) groups excluding carboxylic acids is 1. The summed E-state index contributed by atoms with van der Waals surface area (Å²) in [4.78, 5) is 12.1. The van der Waals surface area contributed by atoms with Crippen LogP contribution in [0.25, 0.3) is 0 Å². The van der Waals surface area contributed by atoms with Crippen molar-refractivity contribution >= 4 is 5.78 Å². The lowest BCUT2D eigenvalue weighted by Crippen LogP contribution is -2.33. The van der Waals surface area contributed by atoms with Crippen LogP contribution in [0.15, 0.2) is 11.6 Å². The quantitative estimate of drug-likeness (QED) is 0.553. The molecule has 0 aliphatic heterocycles. The summed E-state index contributed by atoms with van der Waals surface area (Å²) in [5.41, 5.74) is 2.01. The minimum Gasteiger partial charge on any atom is -0.299 e. The number of carbonyl (C=O) groups is 1. The molecular formula is C14H20O. The van der Waals surface area contributed by atoms with Crippen LogP contribution >= 0.6 is 0 Å². The molecule has 3 atom stereocenters. The predicted molar refractivity (Wildman–Crippen MR) is 60.4 cm³/mol. The van der Waals surface area contributed by atoms with Crippen LogP contribution in [0.3, 0.4) is 0 Å². The van der Waals surface area contributed by atoms with Crippen molar-refractivity contribution in [3.63, 3.8) is 0 Å². The molecule has 0 unspecified atom stereocenters. The van der Waals surface area contributed by atoms with E-state index >= 15 is 0 Å². The van der Waals surface area contributed by atoms with E-state index in [-0.39, 0.29) is 5.41 Å². The molecule has 0 N–H and O–H groups in total. The molecule has 3 aliphatic carbocycles. The molecule has 0 aromatic carbocycles. The summed E-state index contributed by atoms with van der Waals surface area (Å²) in [6.07, 6.45) is 6.82. The first-order valence-electron chi connectivity index (χ1n) is 6.17. The van der Waals surface area contributed by atoms with Crippen molar-refractivity contribution < 1.29 is 4.79 Å². The van der Waals surface area contributed by atoms with E-state index in [1.807, 2.05) is 0 Å². The van der Waals surface area contributed by atoms with Gasteiger partial charge in [0.05, 0.1) is 0 Å². The molecule has 15 heavy (non-hydrogen) atoms. The van der Waals surface area contributed by atoms with Gasteiger partial charge in [-0.3, -0.25) is 4.79 Å². The number of hydrogen-bond donors (Lipinski definition) is 0. The Balaban J connectivity index is 2.02. The number of allylic oxidation sites excluding steroid dienone is 2. The monoisotopic (exact) mass is 204 g/mol. The Morgan fingerprint density at radius 3 is 2.80 bits per heavy atom. The highest BCUT2D eigenvalue weighted by atomic mass is 16.1. The maximum absolute atomic E-state index is 12.1. The highest BCUT2D eigenvalue weighted by Gasteiger charge is 2.58. The first-order chi connectivity index (χ1) is 6.93. The van der Waals surface area contributed by atoms with E-state index < -0.39 is 0 Å². The smallest absolute Gasteiger partial charge is 0.139 e. The first-order valence-corrected chi connectivity index (χ1v) is 6.17.